The fraction of sp³-hybridized carbons (Fsp3) is 0.348. The molecule has 4 rings (SSSR count). The van der Waals surface area contributed by atoms with Gasteiger partial charge in [0.1, 0.15) is 12.3 Å². The average Bonchev–Trinajstić information content (AvgIpc) is 2.77. The van der Waals surface area contributed by atoms with Crippen LogP contribution in [-0.2, 0) is 11.3 Å². The standard InChI is InChI=1S/C23H25N3O4/c1-16-7-5-6-14-24(16)21(27)15-25-20-9-4-3-8-19(20)22(28)26(23(25)29)17-10-12-18(30-2)13-11-17/h3-4,8-13,16H,5-7,14-15H2,1-2H3. The number of fused-ring (bicyclic) bond motifs is 1. The van der Waals surface area contributed by atoms with E-state index >= 15 is 0 Å². The monoisotopic (exact) mass is 407 g/mol. The number of benzene rings is 2. The van der Waals surface area contributed by atoms with Gasteiger partial charge in [0.05, 0.1) is 23.7 Å². The van der Waals surface area contributed by atoms with Crippen LogP contribution in [0, 0.1) is 0 Å². The van der Waals surface area contributed by atoms with Crippen molar-refractivity contribution in [3.63, 3.8) is 0 Å². The van der Waals surface area contributed by atoms with Crippen LogP contribution in [0.15, 0.2) is 58.1 Å². The zero-order valence-corrected chi connectivity index (χ0v) is 17.2. The average molecular weight is 407 g/mol. The second-order valence-corrected chi connectivity index (χ2v) is 7.66. The van der Waals surface area contributed by atoms with Crippen LogP contribution in [0.4, 0.5) is 0 Å². The number of likely N-dealkylation sites (tertiary alicyclic amines) is 1. The highest BCUT2D eigenvalue weighted by Gasteiger charge is 2.25. The number of hydrogen-bond acceptors (Lipinski definition) is 4. The SMILES string of the molecule is COc1ccc(-n2c(=O)c3ccccc3n(CC(=O)N3CCCCC3C)c2=O)cc1. The van der Waals surface area contributed by atoms with E-state index in [9.17, 15) is 14.4 Å². The number of piperidine rings is 1. The number of ether oxygens (including phenoxy) is 1. The molecule has 156 valence electrons. The summed E-state index contributed by atoms with van der Waals surface area (Å²) in [5.41, 5.74) is -0.0305. The van der Waals surface area contributed by atoms with Gasteiger partial charge in [-0.1, -0.05) is 12.1 Å². The number of methoxy groups -OCH3 is 1. The lowest BCUT2D eigenvalue weighted by atomic mass is 10.0. The first-order valence-corrected chi connectivity index (χ1v) is 10.2. The van der Waals surface area contributed by atoms with E-state index in [0.29, 0.717) is 28.9 Å². The Morgan fingerprint density at radius 1 is 1.07 bits per heavy atom. The van der Waals surface area contributed by atoms with E-state index in [2.05, 4.69) is 0 Å². The van der Waals surface area contributed by atoms with Crippen molar-refractivity contribution in [2.24, 2.45) is 0 Å². The molecule has 0 bridgehead atoms. The molecular weight excluding hydrogens is 382 g/mol. The number of rotatable bonds is 4. The molecule has 7 heteroatoms. The highest BCUT2D eigenvalue weighted by atomic mass is 16.5. The van der Waals surface area contributed by atoms with Gasteiger partial charge >= 0.3 is 5.69 Å². The third kappa shape index (κ3) is 3.51. The van der Waals surface area contributed by atoms with Gasteiger partial charge in [0.2, 0.25) is 5.91 Å². The van der Waals surface area contributed by atoms with Crippen molar-refractivity contribution >= 4 is 16.8 Å². The van der Waals surface area contributed by atoms with E-state index in [0.717, 1.165) is 23.8 Å². The van der Waals surface area contributed by atoms with Crippen molar-refractivity contribution in [2.75, 3.05) is 13.7 Å². The molecule has 2 aromatic carbocycles. The smallest absolute Gasteiger partial charge is 0.336 e. The number of carbonyl (C=O) groups excluding carboxylic acids is 1. The Kier molecular flexibility index (Phi) is 5.44. The fourth-order valence-corrected chi connectivity index (χ4v) is 4.13. The van der Waals surface area contributed by atoms with Crippen LogP contribution in [0.5, 0.6) is 5.75 Å². The molecule has 0 N–H and O–H groups in total. The minimum atomic E-state index is -0.526. The molecule has 0 radical (unpaired) electrons. The summed E-state index contributed by atoms with van der Waals surface area (Å²) in [6.07, 6.45) is 3.04. The molecule has 1 fully saturated rings. The Balaban J connectivity index is 1.85. The van der Waals surface area contributed by atoms with Crippen molar-refractivity contribution in [2.45, 2.75) is 38.8 Å². The molecule has 1 aliphatic rings. The van der Waals surface area contributed by atoms with Crippen LogP contribution >= 0.6 is 0 Å². The van der Waals surface area contributed by atoms with Crippen molar-refractivity contribution in [1.82, 2.24) is 14.0 Å². The summed E-state index contributed by atoms with van der Waals surface area (Å²) in [5, 5.41) is 0.396. The van der Waals surface area contributed by atoms with Crippen LogP contribution in [0.25, 0.3) is 16.6 Å². The first-order valence-electron chi connectivity index (χ1n) is 10.2. The third-order valence-corrected chi connectivity index (χ3v) is 5.80. The van der Waals surface area contributed by atoms with Crippen molar-refractivity contribution < 1.29 is 9.53 Å². The molecule has 1 saturated heterocycles. The quantitative estimate of drug-likeness (QED) is 0.666. The Labute approximate surface area is 174 Å². The lowest BCUT2D eigenvalue weighted by molar-refractivity contribution is -0.135. The van der Waals surface area contributed by atoms with E-state index in [4.69, 9.17) is 4.74 Å². The topological polar surface area (TPSA) is 73.5 Å². The second-order valence-electron chi connectivity index (χ2n) is 7.66. The Morgan fingerprint density at radius 3 is 2.50 bits per heavy atom. The van der Waals surface area contributed by atoms with Gasteiger partial charge in [0, 0.05) is 12.6 Å². The summed E-state index contributed by atoms with van der Waals surface area (Å²) in [5.74, 6) is 0.525. The minimum absolute atomic E-state index is 0.0971. The van der Waals surface area contributed by atoms with Gasteiger partial charge < -0.3 is 9.64 Å². The van der Waals surface area contributed by atoms with Crippen LogP contribution in [0.3, 0.4) is 0 Å². The molecule has 1 aromatic heterocycles. The highest BCUT2D eigenvalue weighted by molar-refractivity contribution is 5.82. The lowest BCUT2D eigenvalue weighted by Gasteiger charge is -2.33. The molecule has 0 aliphatic carbocycles. The largest absolute Gasteiger partial charge is 0.497 e. The summed E-state index contributed by atoms with van der Waals surface area (Å²) in [7, 11) is 1.55. The molecule has 1 atom stereocenters. The summed E-state index contributed by atoms with van der Waals surface area (Å²) in [6.45, 7) is 2.64. The molecule has 3 aromatic rings. The van der Waals surface area contributed by atoms with Crippen LogP contribution in [0.1, 0.15) is 26.2 Å². The van der Waals surface area contributed by atoms with E-state index < -0.39 is 11.2 Å². The van der Waals surface area contributed by atoms with Crippen LogP contribution in [0.2, 0.25) is 0 Å². The summed E-state index contributed by atoms with van der Waals surface area (Å²) in [4.78, 5) is 41.4. The van der Waals surface area contributed by atoms with E-state index in [1.165, 1.54) is 4.57 Å². The number of hydrogen-bond donors (Lipinski definition) is 0. The Morgan fingerprint density at radius 2 is 1.80 bits per heavy atom. The molecule has 0 saturated carbocycles. The highest BCUT2D eigenvalue weighted by Crippen LogP contribution is 2.18. The first kappa shape index (κ1) is 19.9. The van der Waals surface area contributed by atoms with Crippen molar-refractivity contribution in [1.29, 1.82) is 0 Å². The Hall–Kier alpha value is -3.35. The van der Waals surface area contributed by atoms with Crippen LogP contribution in [-0.4, -0.2) is 39.6 Å². The van der Waals surface area contributed by atoms with Crippen molar-refractivity contribution in [3.8, 4) is 11.4 Å². The van der Waals surface area contributed by atoms with E-state index in [1.54, 1.807) is 55.6 Å². The number of nitrogens with zero attached hydrogens (tertiary/aromatic N) is 3. The summed E-state index contributed by atoms with van der Waals surface area (Å²) in [6, 6.07) is 13.8. The maximum atomic E-state index is 13.4. The molecule has 1 amide bonds. The molecule has 0 spiro atoms. The lowest BCUT2D eigenvalue weighted by Crippen LogP contribution is -2.46. The first-order chi connectivity index (χ1) is 14.5. The molecular formula is C23H25N3O4. The molecule has 30 heavy (non-hydrogen) atoms. The minimum Gasteiger partial charge on any atom is -0.497 e. The predicted octanol–water partition coefficient (Wildman–Crippen LogP) is 2.56. The second kappa shape index (κ2) is 8.18. The van der Waals surface area contributed by atoms with E-state index in [1.807, 2.05) is 11.8 Å². The zero-order valence-electron chi connectivity index (χ0n) is 17.2. The fourth-order valence-electron chi connectivity index (χ4n) is 4.13. The predicted molar refractivity (Wildman–Crippen MR) is 115 cm³/mol. The maximum absolute atomic E-state index is 13.4. The molecule has 1 unspecified atom stereocenters. The van der Waals surface area contributed by atoms with Gasteiger partial charge in [0.25, 0.3) is 5.56 Å². The van der Waals surface area contributed by atoms with Gasteiger partial charge in [-0.3, -0.25) is 14.2 Å². The number of amides is 1. The number of carbonyl (C=O) groups is 1. The van der Waals surface area contributed by atoms with Gasteiger partial charge in [-0.15, -0.1) is 0 Å². The van der Waals surface area contributed by atoms with Gasteiger partial charge in [0.15, 0.2) is 0 Å². The van der Waals surface area contributed by atoms with Crippen molar-refractivity contribution in [3.05, 3.63) is 69.4 Å². The normalized spacial score (nSPS) is 16.6. The van der Waals surface area contributed by atoms with E-state index in [-0.39, 0.29) is 18.5 Å². The Bertz CT molecular complexity index is 1190. The number of aromatic nitrogens is 2. The number of para-hydroxylation sites is 1. The summed E-state index contributed by atoms with van der Waals surface area (Å²) < 4.78 is 7.70. The van der Waals surface area contributed by atoms with Gasteiger partial charge in [-0.2, -0.15) is 0 Å². The van der Waals surface area contributed by atoms with Gasteiger partial charge in [-0.25, -0.2) is 9.36 Å². The summed E-state index contributed by atoms with van der Waals surface area (Å²) >= 11 is 0. The third-order valence-electron chi connectivity index (χ3n) is 5.80. The van der Waals surface area contributed by atoms with Gasteiger partial charge in [-0.05, 0) is 62.6 Å². The maximum Gasteiger partial charge on any atom is 0.336 e. The molecule has 2 heterocycles. The zero-order chi connectivity index (χ0) is 21.3. The molecule has 1 aliphatic heterocycles. The van der Waals surface area contributed by atoms with Crippen LogP contribution < -0.4 is 16.0 Å². The molecule has 7 nitrogen and oxygen atoms in total.